The third-order valence-corrected chi connectivity index (χ3v) is 8.54. The first-order valence-electron chi connectivity index (χ1n) is 12.0. The topological polar surface area (TPSA) is 120 Å². The Kier molecular flexibility index (Phi) is 17.0. The van der Waals surface area contributed by atoms with Gasteiger partial charge < -0.3 is 28.9 Å². The monoisotopic (exact) mass is 533 g/mol. The van der Waals surface area contributed by atoms with Gasteiger partial charge in [0, 0.05) is 23.5 Å². The highest BCUT2D eigenvalue weighted by Gasteiger charge is 2.31. The fraction of sp³-hybridized carbons (Fsp3) is 0.667. The molecule has 1 aromatic carbocycles. The van der Waals surface area contributed by atoms with Crippen LogP contribution in [0.15, 0.2) is 30.3 Å². The van der Waals surface area contributed by atoms with Crippen LogP contribution in [0.2, 0.25) is 0 Å². The van der Waals surface area contributed by atoms with Crippen molar-refractivity contribution in [2.24, 2.45) is 5.92 Å². The number of benzene rings is 1. The summed E-state index contributed by atoms with van der Waals surface area (Å²) in [5.74, 6) is -0.355. The lowest BCUT2D eigenvalue weighted by molar-refractivity contribution is -0.144. The Morgan fingerprint density at radius 2 is 1.80 bits per heavy atom. The summed E-state index contributed by atoms with van der Waals surface area (Å²) in [6, 6.07) is 9.46. The van der Waals surface area contributed by atoms with Crippen molar-refractivity contribution in [2.75, 3.05) is 51.5 Å². The number of thioether (sulfide) groups is 1. The first-order chi connectivity index (χ1) is 16.8. The molecular weight excluding hydrogens is 493 g/mol. The highest BCUT2D eigenvalue weighted by atomic mass is 32.2. The van der Waals surface area contributed by atoms with Gasteiger partial charge in [0.1, 0.15) is 6.61 Å². The average molecular weight is 534 g/mol. The molecule has 0 radical (unpaired) electrons. The van der Waals surface area contributed by atoms with Crippen molar-refractivity contribution in [2.45, 2.75) is 45.5 Å². The van der Waals surface area contributed by atoms with Gasteiger partial charge in [0.25, 0.3) is 0 Å². The Labute approximate surface area is 213 Å². The van der Waals surface area contributed by atoms with Crippen molar-refractivity contribution in [3.8, 4) is 0 Å². The van der Waals surface area contributed by atoms with E-state index in [-0.39, 0.29) is 68.7 Å². The lowest BCUT2D eigenvalue weighted by Crippen LogP contribution is -2.34. The number of aliphatic hydroxyl groups is 1. The second-order valence-electron chi connectivity index (χ2n) is 7.78. The van der Waals surface area contributed by atoms with Crippen molar-refractivity contribution >= 4 is 31.2 Å². The zero-order chi connectivity index (χ0) is 25.9. The molecule has 35 heavy (non-hydrogen) atoms. The first-order valence-corrected chi connectivity index (χ1v) is 14.8. The smallest absolute Gasteiger partial charge is 0.331 e. The summed E-state index contributed by atoms with van der Waals surface area (Å²) in [5.41, 5.74) is 0.919. The molecule has 0 saturated carbocycles. The predicted molar refractivity (Wildman–Crippen MR) is 138 cm³/mol. The fourth-order valence-electron chi connectivity index (χ4n) is 3.19. The van der Waals surface area contributed by atoms with Crippen LogP contribution in [-0.2, 0) is 39.3 Å². The summed E-state index contributed by atoms with van der Waals surface area (Å²) in [5, 5.41) is 11.3. The number of hydrogen-bond acceptors (Lipinski definition) is 9. The van der Waals surface area contributed by atoms with Crippen LogP contribution in [0.3, 0.4) is 0 Å². The first kappa shape index (κ1) is 31.6. The van der Waals surface area contributed by atoms with E-state index in [1.807, 2.05) is 30.3 Å². The van der Waals surface area contributed by atoms with Crippen molar-refractivity contribution in [3.05, 3.63) is 35.9 Å². The maximum absolute atomic E-state index is 13.1. The number of amides is 1. The molecule has 0 aromatic heterocycles. The Morgan fingerprint density at radius 1 is 1.11 bits per heavy atom. The van der Waals surface area contributed by atoms with Gasteiger partial charge in [-0.15, -0.1) is 0 Å². The number of aliphatic hydroxyl groups excluding tert-OH is 1. The predicted octanol–water partition coefficient (Wildman–Crippen LogP) is 3.64. The molecule has 0 aliphatic rings. The summed E-state index contributed by atoms with van der Waals surface area (Å²) >= 11 is 1.47. The molecule has 11 heteroatoms. The van der Waals surface area contributed by atoms with Gasteiger partial charge in [0.15, 0.2) is 0 Å². The SMILES string of the molecule is CCOP(=O)(CC(CC(C)C(=O)NCCOCCO)SCCC(=O)OCc1ccccc1)OCC. The van der Waals surface area contributed by atoms with Crippen LogP contribution in [0.4, 0.5) is 0 Å². The number of ether oxygens (including phenoxy) is 2. The largest absolute Gasteiger partial charge is 0.461 e. The van der Waals surface area contributed by atoms with Gasteiger partial charge in [-0.1, -0.05) is 37.3 Å². The van der Waals surface area contributed by atoms with E-state index < -0.39 is 7.60 Å². The molecule has 0 spiro atoms. The molecule has 0 fully saturated rings. The molecule has 1 aromatic rings. The molecule has 0 bridgehead atoms. The molecule has 0 aliphatic heterocycles. The van der Waals surface area contributed by atoms with Crippen molar-refractivity contribution < 1.29 is 37.8 Å². The van der Waals surface area contributed by atoms with Crippen molar-refractivity contribution in [1.29, 1.82) is 0 Å². The second kappa shape index (κ2) is 18.8. The Morgan fingerprint density at radius 3 is 2.43 bits per heavy atom. The molecule has 1 amide bonds. The van der Waals surface area contributed by atoms with Crippen LogP contribution < -0.4 is 5.32 Å². The highest BCUT2D eigenvalue weighted by Crippen LogP contribution is 2.50. The molecule has 200 valence electrons. The van der Waals surface area contributed by atoms with Gasteiger partial charge in [-0.3, -0.25) is 14.2 Å². The van der Waals surface area contributed by atoms with E-state index in [1.165, 1.54) is 11.8 Å². The van der Waals surface area contributed by atoms with E-state index in [9.17, 15) is 14.2 Å². The van der Waals surface area contributed by atoms with Crippen LogP contribution >= 0.6 is 19.4 Å². The van der Waals surface area contributed by atoms with E-state index in [1.54, 1.807) is 20.8 Å². The maximum atomic E-state index is 13.1. The highest BCUT2D eigenvalue weighted by molar-refractivity contribution is 8.00. The Hall–Kier alpha value is -1.42. The minimum absolute atomic E-state index is 0.0667. The maximum Gasteiger partial charge on any atom is 0.331 e. The standard InChI is InChI=1S/C24H40NO8PS/c1-4-32-34(29,33-5-2)19-22(17-20(3)24(28)25-12-14-30-15-13-26)35-16-11-23(27)31-18-21-9-7-6-8-10-21/h6-10,20,22,26H,4-5,11-19H2,1-3H3,(H,25,28). The summed E-state index contributed by atoms with van der Waals surface area (Å²) < 4.78 is 34.5. The number of carbonyl (C=O) groups is 2. The molecule has 0 saturated heterocycles. The average Bonchev–Trinajstić information content (AvgIpc) is 2.83. The van der Waals surface area contributed by atoms with Gasteiger partial charge in [-0.05, 0) is 25.8 Å². The molecule has 9 nitrogen and oxygen atoms in total. The normalized spacial score (nSPS) is 13.3. The van der Waals surface area contributed by atoms with E-state index in [0.29, 0.717) is 25.3 Å². The zero-order valence-electron chi connectivity index (χ0n) is 21.0. The van der Waals surface area contributed by atoms with Gasteiger partial charge in [-0.25, -0.2) is 0 Å². The summed E-state index contributed by atoms with van der Waals surface area (Å²) in [6.45, 7) is 6.85. The lowest BCUT2D eigenvalue weighted by atomic mass is 10.1. The van der Waals surface area contributed by atoms with Gasteiger partial charge >= 0.3 is 13.6 Å². The summed E-state index contributed by atoms with van der Waals surface area (Å²) in [6.07, 6.45) is 0.789. The minimum atomic E-state index is -3.32. The number of hydrogen-bond donors (Lipinski definition) is 2. The fourth-order valence-corrected chi connectivity index (χ4v) is 6.92. The van der Waals surface area contributed by atoms with E-state index in [0.717, 1.165) is 5.56 Å². The molecule has 2 atom stereocenters. The van der Waals surface area contributed by atoms with Crippen LogP contribution in [0.25, 0.3) is 0 Å². The van der Waals surface area contributed by atoms with Gasteiger partial charge in [0.05, 0.1) is 45.6 Å². The third kappa shape index (κ3) is 14.7. The second-order valence-corrected chi connectivity index (χ2v) is 11.3. The molecule has 0 aliphatic carbocycles. The Bertz CT molecular complexity index is 757. The number of esters is 1. The summed E-state index contributed by atoms with van der Waals surface area (Å²) in [4.78, 5) is 24.7. The van der Waals surface area contributed by atoms with Gasteiger partial charge in [0.2, 0.25) is 5.91 Å². The van der Waals surface area contributed by atoms with Crippen LogP contribution in [0, 0.1) is 5.92 Å². The number of nitrogens with one attached hydrogen (secondary N) is 1. The van der Waals surface area contributed by atoms with Crippen LogP contribution in [0.5, 0.6) is 0 Å². The molecule has 2 unspecified atom stereocenters. The zero-order valence-corrected chi connectivity index (χ0v) is 22.7. The minimum Gasteiger partial charge on any atom is -0.461 e. The van der Waals surface area contributed by atoms with Gasteiger partial charge in [-0.2, -0.15) is 11.8 Å². The van der Waals surface area contributed by atoms with Crippen molar-refractivity contribution in [3.63, 3.8) is 0 Å². The van der Waals surface area contributed by atoms with Crippen molar-refractivity contribution in [1.82, 2.24) is 5.32 Å². The van der Waals surface area contributed by atoms with E-state index in [4.69, 9.17) is 23.6 Å². The lowest BCUT2D eigenvalue weighted by Gasteiger charge is -2.25. The summed E-state index contributed by atoms with van der Waals surface area (Å²) in [7, 11) is -3.32. The van der Waals surface area contributed by atoms with E-state index >= 15 is 0 Å². The Balaban J connectivity index is 2.62. The quantitative estimate of drug-likeness (QED) is 0.147. The number of carbonyl (C=O) groups excluding carboxylic acids is 2. The molecular formula is C24H40NO8PS. The molecule has 2 N–H and O–H groups in total. The molecule has 0 heterocycles. The van der Waals surface area contributed by atoms with Crippen LogP contribution in [-0.4, -0.2) is 73.7 Å². The third-order valence-electron chi connectivity index (χ3n) is 4.83. The number of rotatable bonds is 20. The molecule has 1 rings (SSSR count). The van der Waals surface area contributed by atoms with E-state index in [2.05, 4.69) is 5.32 Å². The van der Waals surface area contributed by atoms with Crippen LogP contribution in [0.1, 0.15) is 39.2 Å².